The van der Waals surface area contributed by atoms with Crippen LogP contribution in [0.15, 0.2) is 72.8 Å². The molecular weight excluding hydrogens is 376 g/mol. The predicted molar refractivity (Wildman–Crippen MR) is 118 cm³/mol. The number of amides is 2. The van der Waals surface area contributed by atoms with E-state index in [9.17, 15) is 9.59 Å². The second kappa shape index (κ2) is 8.41. The van der Waals surface area contributed by atoms with E-state index in [4.69, 9.17) is 4.74 Å². The Kier molecular flexibility index (Phi) is 5.53. The first-order chi connectivity index (χ1) is 14.5. The molecule has 0 fully saturated rings. The van der Waals surface area contributed by atoms with E-state index in [1.54, 1.807) is 36.1 Å². The second-order valence-corrected chi connectivity index (χ2v) is 7.49. The molecule has 30 heavy (non-hydrogen) atoms. The summed E-state index contributed by atoms with van der Waals surface area (Å²) in [6, 6.07) is 22.9. The fourth-order valence-electron chi connectivity index (χ4n) is 3.59. The van der Waals surface area contributed by atoms with Gasteiger partial charge in [-0.05, 0) is 56.2 Å². The number of carbonyl (C=O) groups is 2. The zero-order valence-corrected chi connectivity index (χ0v) is 17.1. The third kappa shape index (κ3) is 4.20. The third-order valence-corrected chi connectivity index (χ3v) is 5.17. The molecule has 1 unspecified atom stereocenters. The number of nitrogens with zero attached hydrogens (tertiary/aromatic N) is 1. The van der Waals surface area contributed by atoms with Crippen molar-refractivity contribution in [2.24, 2.45) is 0 Å². The van der Waals surface area contributed by atoms with E-state index in [0.29, 0.717) is 29.2 Å². The van der Waals surface area contributed by atoms with Gasteiger partial charge in [-0.2, -0.15) is 0 Å². The van der Waals surface area contributed by atoms with Gasteiger partial charge in [-0.1, -0.05) is 48.0 Å². The summed E-state index contributed by atoms with van der Waals surface area (Å²) < 4.78 is 5.78. The number of rotatable bonds is 5. The lowest BCUT2D eigenvalue weighted by molar-refractivity contribution is -0.125. The zero-order chi connectivity index (χ0) is 21.1. The van der Waals surface area contributed by atoms with Gasteiger partial charge < -0.3 is 15.0 Å². The Balaban J connectivity index is 1.57. The molecule has 0 bridgehead atoms. The fraction of sp³-hybridized carbons (Fsp3) is 0.200. The fourth-order valence-corrected chi connectivity index (χ4v) is 3.59. The minimum absolute atomic E-state index is 0.0828. The molecule has 1 N–H and O–H groups in total. The van der Waals surface area contributed by atoms with Crippen LogP contribution in [-0.4, -0.2) is 24.5 Å². The highest BCUT2D eigenvalue weighted by atomic mass is 16.5. The number of nitrogens with one attached hydrogen (secondary N) is 1. The number of ether oxygens (including phenoxy) is 1. The number of hydrogen-bond acceptors (Lipinski definition) is 3. The number of aryl methyl sites for hydroxylation is 1. The topological polar surface area (TPSA) is 58.6 Å². The van der Waals surface area contributed by atoms with E-state index in [0.717, 1.165) is 17.5 Å². The van der Waals surface area contributed by atoms with Crippen molar-refractivity contribution in [1.82, 2.24) is 0 Å². The first-order valence-electron chi connectivity index (χ1n) is 10.1. The van der Waals surface area contributed by atoms with Crippen molar-refractivity contribution in [2.45, 2.75) is 26.4 Å². The van der Waals surface area contributed by atoms with E-state index in [-0.39, 0.29) is 11.8 Å². The van der Waals surface area contributed by atoms with E-state index in [1.165, 1.54) is 0 Å². The maximum atomic E-state index is 12.8. The van der Waals surface area contributed by atoms with Gasteiger partial charge in [-0.25, -0.2) is 0 Å². The van der Waals surface area contributed by atoms with Crippen LogP contribution in [-0.2, 0) is 11.2 Å². The first kappa shape index (κ1) is 19.7. The van der Waals surface area contributed by atoms with Crippen LogP contribution in [0.4, 0.5) is 11.4 Å². The number of anilines is 2. The normalized spacial score (nSPS) is 15.3. The number of fused-ring (bicyclic) bond motifs is 1. The molecule has 1 heterocycles. The Morgan fingerprint density at radius 3 is 2.60 bits per heavy atom. The van der Waals surface area contributed by atoms with E-state index in [2.05, 4.69) is 5.32 Å². The molecule has 0 saturated carbocycles. The lowest BCUT2D eigenvalue weighted by Gasteiger charge is -2.33. The van der Waals surface area contributed by atoms with Crippen LogP contribution in [0.1, 0.15) is 28.4 Å². The molecule has 0 aromatic heterocycles. The maximum absolute atomic E-state index is 12.8. The Morgan fingerprint density at radius 1 is 1.03 bits per heavy atom. The highest BCUT2D eigenvalue weighted by Gasteiger charge is 2.31. The van der Waals surface area contributed by atoms with Gasteiger partial charge in [0.15, 0.2) is 6.10 Å². The summed E-state index contributed by atoms with van der Waals surface area (Å²) in [4.78, 5) is 27.2. The summed E-state index contributed by atoms with van der Waals surface area (Å²) in [5.41, 5.74) is 4.07. The molecule has 0 aliphatic carbocycles. The maximum Gasteiger partial charge on any atom is 0.267 e. The largest absolute Gasteiger partial charge is 0.479 e. The van der Waals surface area contributed by atoms with Gasteiger partial charge in [0.2, 0.25) is 0 Å². The summed E-state index contributed by atoms with van der Waals surface area (Å²) in [5.74, 6) is 0.371. The van der Waals surface area contributed by atoms with Gasteiger partial charge in [0.1, 0.15) is 5.75 Å². The SMILES string of the molecule is Cc1cccc(C(=O)Nc2ccc3c(c2)N(CCc2ccccc2)C(=O)C(C)O3)c1. The summed E-state index contributed by atoms with van der Waals surface area (Å²) in [6.07, 6.45) is 0.194. The summed E-state index contributed by atoms with van der Waals surface area (Å²) in [7, 11) is 0. The van der Waals surface area contributed by atoms with Gasteiger partial charge in [0.05, 0.1) is 5.69 Å². The third-order valence-electron chi connectivity index (χ3n) is 5.17. The molecule has 1 aliphatic rings. The van der Waals surface area contributed by atoms with Crippen molar-refractivity contribution in [1.29, 1.82) is 0 Å². The van der Waals surface area contributed by atoms with Crippen LogP contribution in [0.3, 0.4) is 0 Å². The van der Waals surface area contributed by atoms with Crippen LogP contribution >= 0.6 is 0 Å². The monoisotopic (exact) mass is 400 g/mol. The first-order valence-corrected chi connectivity index (χ1v) is 10.1. The molecule has 0 spiro atoms. The van der Waals surface area contributed by atoms with Crippen LogP contribution in [0.2, 0.25) is 0 Å². The molecule has 1 aliphatic heterocycles. The predicted octanol–water partition coefficient (Wildman–Crippen LogP) is 4.60. The molecule has 5 nitrogen and oxygen atoms in total. The minimum atomic E-state index is -0.541. The van der Waals surface area contributed by atoms with Gasteiger partial charge in [0.25, 0.3) is 11.8 Å². The van der Waals surface area contributed by atoms with Crippen molar-refractivity contribution in [3.05, 3.63) is 89.5 Å². The van der Waals surface area contributed by atoms with E-state index in [1.807, 2.05) is 55.5 Å². The average molecular weight is 400 g/mol. The smallest absolute Gasteiger partial charge is 0.267 e. The quantitative estimate of drug-likeness (QED) is 0.681. The standard InChI is InChI=1S/C25H24N2O3/c1-17-7-6-10-20(15-17)24(28)26-21-11-12-23-22(16-21)27(25(29)18(2)30-23)14-13-19-8-4-3-5-9-19/h3-12,15-16,18H,13-14H2,1-2H3,(H,26,28). The van der Waals surface area contributed by atoms with Gasteiger partial charge >= 0.3 is 0 Å². The molecule has 152 valence electrons. The lowest BCUT2D eigenvalue weighted by atomic mass is 10.1. The Morgan fingerprint density at radius 2 is 1.83 bits per heavy atom. The highest BCUT2D eigenvalue weighted by Crippen LogP contribution is 2.36. The number of benzene rings is 3. The van der Waals surface area contributed by atoms with E-state index < -0.39 is 6.10 Å². The summed E-state index contributed by atoms with van der Waals surface area (Å²) >= 11 is 0. The van der Waals surface area contributed by atoms with Gasteiger partial charge in [-0.3, -0.25) is 9.59 Å². The minimum Gasteiger partial charge on any atom is -0.479 e. The van der Waals surface area contributed by atoms with Crippen molar-refractivity contribution in [2.75, 3.05) is 16.8 Å². The van der Waals surface area contributed by atoms with Crippen molar-refractivity contribution >= 4 is 23.2 Å². The Hall–Kier alpha value is -3.60. The molecule has 5 heteroatoms. The second-order valence-electron chi connectivity index (χ2n) is 7.49. The number of hydrogen-bond donors (Lipinski definition) is 1. The highest BCUT2D eigenvalue weighted by molar-refractivity contribution is 6.05. The van der Waals surface area contributed by atoms with Gasteiger partial charge in [-0.15, -0.1) is 0 Å². The van der Waals surface area contributed by atoms with Crippen LogP contribution < -0.4 is 15.0 Å². The van der Waals surface area contributed by atoms with Crippen molar-refractivity contribution < 1.29 is 14.3 Å². The van der Waals surface area contributed by atoms with Crippen LogP contribution in [0.5, 0.6) is 5.75 Å². The molecule has 1 atom stereocenters. The molecular formula is C25H24N2O3. The molecule has 0 radical (unpaired) electrons. The zero-order valence-electron chi connectivity index (χ0n) is 17.1. The lowest BCUT2D eigenvalue weighted by Crippen LogP contribution is -2.45. The molecule has 2 amide bonds. The summed E-state index contributed by atoms with van der Waals surface area (Å²) in [5, 5.41) is 2.92. The Bertz CT molecular complexity index is 1080. The average Bonchev–Trinajstić information content (AvgIpc) is 2.75. The van der Waals surface area contributed by atoms with Crippen molar-refractivity contribution in [3.63, 3.8) is 0 Å². The molecule has 4 rings (SSSR count). The molecule has 0 saturated heterocycles. The van der Waals surface area contributed by atoms with Crippen molar-refractivity contribution in [3.8, 4) is 5.75 Å². The van der Waals surface area contributed by atoms with E-state index >= 15 is 0 Å². The summed E-state index contributed by atoms with van der Waals surface area (Å²) in [6.45, 7) is 4.25. The number of carbonyl (C=O) groups excluding carboxylic acids is 2. The van der Waals surface area contributed by atoms with Crippen LogP contribution in [0.25, 0.3) is 0 Å². The van der Waals surface area contributed by atoms with Crippen LogP contribution in [0, 0.1) is 6.92 Å². The van der Waals surface area contributed by atoms with Gasteiger partial charge in [0, 0.05) is 17.8 Å². The Labute approximate surface area is 176 Å². The molecule has 3 aromatic carbocycles. The molecule has 3 aromatic rings.